The van der Waals surface area contributed by atoms with Gasteiger partial charge in [0.15, 0.2) is 0 Å². The SMILES string of the molecule is CCCCCCCCOC(=O)c1ccc([I+]c2ccc(C(=O)OCCCCCCCC)s2)s1. The standard InChI is InChI=1S/C26H38IO4S2/c1-3-5-7-9-11-13-19-30-25(28)21-15-17-23(32-21)27-24-18-16-22(33-24)26(29)31-20-14-12-10-8-6-4-2/h15-18H,3-14,19-20H2,1-2H3/q+1. The van der Waals surface area contributed by atoms with E-state index < -0.39 is 21.2 Å². The van der Waals surface area contributed by atoms with Crippen LogP contribution in [0.5, 0.6) is 0 Å². The molecule has 0 unspecified atom stereocenters. The van der Waals surface area contributed by atoms with Gasteiger partial charge in [0.25, 0.3) is 0 Å². The van der Waals surface area contributed by atoms with Crippen LogP contribution in [-0.4, -0.2) is 25.2 Å². The molecule has 184 valence electrons. The number of carbonyl (C=O) groups excluding carboxylic acids is 2. The van der Waals surface area contributed by atoms with Crippen molar-refractivity contribution < 1.29 is 40.3 Å². The van der Waals surface area contributed by atoms with Gasteiger partial charge in [-0.3, -0.25) is 0 Å². The van der Waals surface area contributed by atoms with Crippen LogP contribution >= 0.6 is 22.7 Å². The number of rotatable bonds is 18. The molecule has 4 nitrogen and oxygen atoms in total. The predicted molar refractivity (Wildman–Crippen MR) is 133 cm³/mol. The van der Waals surface area contributed by atoms with Crippen LogP contribution in [0.25, 0.3) is 0 Å². The summed E-state index contributed by atoms with van der Waals surface area (Å²) >= 11 is 2.63. The largest absolute Gasteiger partial charge is 0.462 e. The summed E-state index contributed by atoms with van der Waals surface area (Å²) in [5, 5.41) is 0. The van der Waals surface area contributed by atoms with E-state index in [-0.39, 0.29) is 11.9 Å². The maximum Gasteiger partial charge on any atom is 0.381 e. The van der Waals surface area contributed by atoms with Gasteiger partial charge in [0, 0.05) is 12.1 Å². The van der Waals surface area contributed by atoms with Crippen molar-refractivity contribution in [3.8, 4) is 0 Å². The van der Waals surface area contributed by atoms with Crippen molar-refractivity contribution in [2.75, 3.05) is 13.2 Å². The lowest BCUT2D eigenvalue weighted by atomic mass is 10.1. The molecular weight excluding hydrogens is 567 g/mol. The summed E-state index contributed by atoms with van der Waals surface area (Å²) in [6.07, 6.45) is 14.1. The molecular formula is C26H38IO4S2+. The van der Waals surface area contributed by atoms with E-state index in [9.17, 15) is 9.59 Å². The van der Waals surface area contributed by atoms with E-state index in [4.69, 9.17) is 9.47 Å². The molecule has 0 saturated heterocycles. The lowest BCUT2D eigenvalue weighted by Gasteiger charge is -2.03. The summed E-state index contributed by atoms with van der Waals surface area (Å²) in [6, 6.07) is 7.78. The second-order valence-corrected chi connectivity index (χ2v) is 14.6. The normalized spacial score (nSPS) is 11.0. The van der Waals surface area contributed by atoms with Gasteiger partial charge in [0.05, 0.1) is 13.2 Å². The summed E-state index contributed by atoms with van der Waals surface area (Å²) in [7, 11) is 0. The molecule has 2 aromatic heterocycles. The minimum absolute atomic E-state index is 0.214. The fourth-order valence-electron chi connectivity index (χ4n) is 3.28. The fourth-order valence-corrected chi connectivity index (χ4v) is 9.37. The number of unbranched alkanes of at least 4 members (excludes halogenated alkanes) is 10. The minimum atomic E-state index is -0.411. The summed E-state index contributed by atoms with van der Waals surface area (Å²) in [4.78, 5) is 25.9. The van der Waals surface area contributed by atoms with E-state index in [0.717, 1.165) is 25.7 Å². The number of carbonyl (C=O) groups is 2. The first-order valence-corrected chi connectivity index (χ1v) is 16.1. The molecule has 0 fully saturated rings. The molecule has 2 rings (SSSR count). The quantitative estimate of drug-likeness (QED) is 0.137. The summed E-state index contributed by atoms with van der Waals surface area (Å²) in [6.45, 7) is 5.43. The van der Waals surface area contributed by atoms with Crippen LogP contribution in [0, 0.1) is 5.77 Å². The van der Waals surface area contributed by atoms with Crippen molar-refractivity contribution >= 4 is 34.6 Å². The molecule has 0 radical (unpaired) electrons. The van der Waals surface area contributed by atoms with Crippen LogP contribution in [0.15, 0.2) is 24.3 Å². The Morgan fingerprint density at radius 3 is 1.45 bits per heavy atom. The number of hydrogen-bond donors (Lipinski definition) is 0. The van der Waals surface area contributed by atoms with Crippen LogP contribution in [0.3, 0.4) is 0 Å². The van der Waals surface area contributed by atoms with Gasteiger partial charge in [-0.25, -0.2) is 9.59 Å². The van der Waals surface area contributed by atoms with Crippen LogP contribution in [0.2, 0.25) is 0 Å². The average molecular weight is 606 g/mol. The summed E-state index contributed by atoms with van der Waals surface area (Å²) in [5.74, 6) is -0.428. The van der Waals surface area contributed by atoms with E-state index in [1.54, 1.807) is 0 Å². The lowest BCUT2D eigenvalue weighted by Crippen LogP contribution is -3.61. The highest BCUT2D eigenvalue weighted by atomic mass is 127. The highest BCUT2D eigenvalue weighted by Gasteiger charge is 2.24. The van der Waals surface area contributed by atoms with E-state index in [1.165, 1.54) is 79.8 Å². The van der Waals surface area contributed by atoms with Gasteiger partial charge in [0.1, 0.15) is 9.75 Å². The zero-order valence-electron chi connectivity index (χ0n) is 20.0. The van der Waals surface area contributed by atoms with Crippen LogP contribution in [0.4, 0.5) is 0 Å². The van der Waals surface area contributed by atoms with Gasteiger partial charge in [-0.2, -0.15) is 0 Å². The predicted octanol–water partition coefficient (Wildman–Crippen LogP) is 4.97. The van der Waals surface area contributed by atoms with Crippen molar-refractivity contribution in [3.05, 3.63) is 39.8 Å². The Morgan fingerprint density at radius 2 is 1.03 bits per heavy atom. The van der Waals surface area contributed by atoms with Crippen LogP contribution < -0.4 is 21.2 Å². The summed E-state index contributed by atoms with van der Waals surface area (Å²) < 4.78 is 13.3. The number of ether oxygens (including phenoxy) is 2. The highest BCUT2D eigenvalue weighted by molar-refractivity contribution is 7.12. The maximum absolute atomic E-state index is 12.3. The average Bonchev–Trinajstić information content (AvgIpc) is 3.48. The third-order valence-corrected chi connectivity index (χ3v) is 11.0. The number of thiophene rings is 2. The first-order chi connectivity index (χ1) is 16.1. The zero-order chi connectivity index (χ0) is 23.7. The van der Waals surface area contributed by atoms with Crippen LogP contribution in [0.1, 0.15) is 110 Å². The molecule has 0 saturated carbocycles. The smallest absolute Gasteiger partial charge is 0.381 e. The Kier molecular flexibility index (Phi) is 15.0. The summed E-state index contributed by atoms with van der Waals surface area (Å²) in [5.41, 5.74) is 0. The van der Waals surface area contributed by atoms with Gasteiger partial charge >= 0.3 is 33.1 Å². The van der Waals surface area contributed by atoms with E-state index in [2.05, 4.69) is 13.8 Å². The molecule has 0 atom stereocenters. The molecule has 2 heterocycles. The second kappa shape index (κ2) is 17.5. The topological polar surface area (TPSA) is 52.6 Å². The third kappa shape index (κ3) is 11.9. The second-order valence-electron chi connectivity index (χ2n) is 8.11. The number of esters is 2. The van der Waals surface area contributed by atoms with E-state index in [1.807, 2.05) is 24.3 Å². The Bertz CT molecular complexity index is 749. The van der Waals surface area contributed by atoms with E-state index in [0.29, 0.717) is 23.0 Å². The maximum atomic E-state index is 12.3. The molecule has 0 spiro atoms. The minimum Gasteiger partial charge on any atom is -0.462 e. The Hall–Kier alpha value is -0.930. The van der Waals surface area contributed by atoms with Crippen molar-refractivity contribution in [1.82, 2.24) is 0 Å². The first kappa shape index (κ1) is 28.3. The molecule has 7 heteroatoms. The number of hydrogen-bond acceptors (Lipinski definition) is 6. The Balaban J connectivity index is 1.67. The van der Waals surface area contributed by atoms with Gasteiger partial charge in [-0.1, -0.05) is 101 Å². The lowest BCUT2D eigenvalue weighted by molar-refractivity contribution is -0.585. The molecule has 0 aliphatic rings. The van der Waals surface area contributed by atoms with Crippen LogP contribution in [-0.2, 0) is 9.47 Å². The fraction of sp³-hybridized carbons (Fsp3) is 0.615. The zero-order valence-corrected chi connectivity index (χ0v) is 23.8. The van der Waals surface area contributed by atoms with Crippen molar-refractivity contribution in [1.29, 1.82) is 0 Å². The molecule has 0 bridgehead atoms. The molecule has 0 N–H and O–H groups in total. The van der Waals surface area contributed by atoms with Crippen molar-refractivity contribution in [3.63, 3.8) is 0 Å². The molecule has 0 aliphatic carbocycles. The molecule has 0 amide bonds. The van der Waals surface area contributed by atoms with Crippen molar-refractivity contribution in [2.24, 2.45) is 0 Å². The monoisotopic (exact) mass is 605 g/mol. The molecule has 33 heavy (non-hydrogen) atoms. The van der Waals surface area contributed by atoms with Gasteiger partial charge in [-0.15, -0.1) is 0 Å². The Labute approximate surface area is 217 Å². The Morgan fingerprint density at radius 1 is 0.636 bits per heavy atom. The highest BCUT2D eigenvalue weighted by Crippen LogP contribution is 2.14. The third-order valence-electron chi connectivity index (χ3n) is 5.20. The molecule has 2 aromatic rings. The van der Waals surface area contributed by atoms with Gasteiger partial charge in [-0.05, 0) is 25.0 Å². The molecule has 0 aliphatic heterocycles. The van der Waals surface area contributed by atoms with Crippen molar-refractivity contribution in [2.45, 2.75) is 90.9 Å². The first-order valence-electron chi connectivity index (χ1n) is 12.3. The number of halogens is 1. The van der Waals surface area contributed by atoms with Gasteiger partial charge < -0.3 is 9.47 Å². The van der Waals surface area contributed by atoms with E-state index >= 15 is 0 Å². The molecule has 0 aromatic carbocycles. The van der Waals surface area contributed by atoms with Gasteiger partial charge in [0.2, 0.25) is 5.77 Å².